The van der Waals surface area contributed by atoms with E-state index in [0.717, 1.165) is 12.1 Å². The monoisotopic (exact) mass is 383 g/mol. The first kappa shape index (κ1) is 21.2. The molecular formula is C16H15FN2O8. The molecule has 144 valence electrons. The number of carbonyl (C=O) groups is 2. The fraction of sp³-hybridized carbons (Fsp3) is 0.125. The van der Waals surface area contributed by atoms with Crippen LogP contribution in [0.2, 0.25) is 0 Å². The van der Waals surface area contributed by atoms with Crippen molar-refractivity contribution >= 4 is 23.9 Å². The molecule has 0 bridgehead atoms. The van der Waals surface area contributed by atoms with E-state index in [1.165, 1.54) is 31.4 Å². The van der Waals surface area contributed by atoms with Gasteiger partial charge in [-0.3, -0.25) is 34.2 Å². The second-order valence-electron chi connectivity index (χ2n) is 4.43. The first-order valence-electron chi connectivity index (χ1n) is 7.51. The number of phenols is 1. The number of methoxy groups -OCH3 is 1. The Morgan fingerprint density at radius 2 is 1.48 bits per heavy atom. The van der Waals surface area contributed by atoms with Gasteiger partial charge in [-0.05, 0) is 24.3 Å². The van der Waals surface area contributed by atoms with Gasteiger partial charge in [0.05, 0.1) is 25.5 Å². The summed E-state index contributed by atoms with van der Waals surface area (Å²) in [6, 6.07) is 7.33. The number of hydrogen-bond donors (Lipinski definition) is 1. The molecule has 0 saturated carbocycles. The second-order valence-corrected chi connectivity index (χ2v) is 4.43. The third-order valence-electron chi connectivity index (χ3n) is 2.87. The van der Waals surface area contributed by atoms with E-state index >= 15 is 0 Å². The van der Waals surface area contributed by atoms with Crippen molar-refractivity contribution in [1.82, 2.24) is 0 Å². The maximum absolute atomic E-state index is 10.4. The quantitative estimate of drug-likeness (QED) is 0.470. The summed E-state index contributed by atoms with van der Waals surface area (Å²) in [5, 5.41) is 29.6. The van der Waals surface area contributed by atoms with Crippen molar-refractivity contribution in [2.45, 2.75) is 0 Å². The first-order valence-corrected chi connectivity index (χ1v) is 6.81. The first-order chi connectivity index (χ1) is 13.2. The van der Waals surface area contributed by atoms with Gasteiger partial charge in [0.15, 0.2) is 11.5 Å². The number of aromatic hydroxyl groups is 1. The number of nitro benzene ring substituents is 2. The zero-order chi connectivity index (χ0) is 21.7. The highest BCUT2D eigenvalue weighted by molar-refractivity contribution is 5.77. The van der Waals surface area contributed by atoms with Crippen molar-refractivity contribution in [3.8, 4) is 11.5 Å². The summed E-state index contributed by atoms with van der Waals surface area (Å²) in [7, 11) is 0.316. The summed E-state index contributed by atoms with van der Waals surface area (Å²) in [4.78, 5) is 39.8. The predicted molar refractivity (Wildman–Crippen MR) is 92.2 cm³/mol. The van der Waals surface area contributed by atoms with Gasteiger partial charge in [0, 0.05) is 23.3 Å². The van der Waals surface area contributed by atoms with Crippen LogP contribution in [0, 0.1) is 20.2 Å². The molecule has 2 aromatic carbocycles. The molecular weight excluding hydrogens is 367 g/mol. The molecule has 0 heterocycles. The Labute approximate surface area is 153 Å². The number of ether oxygens (including phenoxy) is 1. The summed E-state index contributed by atoms with van der Waals surface area (Å²) < 4.78 is 20.2. The van der Waals surface area contributed by atoms with E-state index in [0.29, 0.717) is 18.1 Å². The third-order valence-corrected chi connectivity index (χ3v) is 2.87. The van der Waals surface area contributed by atoms with Crippen LogP contribution in [0.3, 0.4) is 0 Å². The Morgan fingerprint density at radius 3 is 1.85 bits per heavy atom. The highest BCUT2D eigenvalue weighted by atomic mass is 19.1. The molecule has 0 aliphatic carbocycles. The molecule has 1 N–H and O–H groups in total. The van der Waals surface area contributed by atoms with Crippen molar-refractivity contribution in [2.24, 2.45) is 0 Å². The number of nitrogens with zero attached hydrogens (tertiary/aromatic N) is 2. The fourth-order valence-corrected chi connectivity index (χ4v) is 1.69. The van der Waals surface area contributed by atoms with Crippen LogP contribution in [0.25, 0.3) is 0 Å². The number of aldehydes is 2. The molecule has 0 radical (unpaired) electrons. The summed E-state index contributed by atoms with van der Waals surface area (Å²) in [5.41, 5.74) is 0.00856. The highest BCUT2D eigenvalue weighted by Gasteiger charge is 2.14. The fourth-order valence-electron chi connectivity index (χ4n) is 1.69. The van der Waals surface area contributed by atoms with Gasteiger partial charge < -0.3 is 9.84 Å². The topological polar surface area (TPSA) is 150 Å². The van der Waals surface area contributed by atoms with Crippen LogP contribution in [-0.2, 0) is 0 Å². The van der Waals surface area contributed by atoms with E-state index in [9.17, 15) is 34.2 Å². The van der Waals surface area contributed by atoms with Crippen molar-refractivity contribution in [3.05, 3.63) is 67.8 Å². The van der Waals surface area contributed by atoms with E-state index < -0.39 is 28.4 Å². The molecule has 0 fully saturated rings. The number of rotatable bonds is 5. The van der Waals surface area contributed by atoms with Crippen molar-refractivity contribution in [3.63, 3.8) is 0 Å². The maximum atomic E-state index is 10.4. The van der Waals surface area contributed by atoms with Crippen LogP contribution in [0.5, 0.6) is 11.5 Å². The third kappa shape index (κ3) is 6.86. The van der Waals surface area contributed by atoms with Gasteiger partial charge in [-0.25, -0.2) is 0 Å². The number of hydrogen-bond acceptors (Lipinski definition) is 8. The average molecular weight is 383 g/mol. The molecule has 2 rings (SSSR count). The van der Waals surface area contributed by atoms with Crippen molar-refractivity contribution < 1.29 is 35.0 Å². The lowest BCUT2D eigenvalue weighted by Gasteiger charge is -2.00. The molecule has 0 aliphatic rings. The normalized spacial score (nSPS) is 9.33. The minimum absolute atomic E-state index is 0.0922. The van der Waals surface area contributed by atoms with Crippen LogP contribution >= 0.6 is 0 Å². The van der Waals surface area contributed by atoms with E-state index in [-0.39, 0.29) is 17.0 Å². The minimum Gasteiger partial charge on any atom is -0.502 e. The zero-order valence-corrected chi connectivity index (χ0v) is 13.9. The Morgan fingerprint density at radius 1 is 1.04 bits per heavy atom. The maximum Gasteiger partial charge on any atom is 0.310 e. The van der Waals surface area contributed by atoms with E-state index in [1.54, 1.807) is 0 Å². The molecule has 0 atom stereocenters. The number of carbonyl (C=O) groups excluding carboxylic acids is 2. The highest BCUT2D eigenvalue weighted by Crippen LogP contribution is 2.27. The number of nitro groups is 2. The standard InChI is InChI=1S/C8H7NO4.C7H5NO4.CH3F/c1-13-8-4-6(5-10)2-3-7(8)9(11)12;9-4-5-1-2-6(8(11)12)7(10)3-5;1-2/h2-5H,1H3;1-4,10H;1H3/i;;1D. The van der Waals surface area contributed by atoms with E-state index in [2.05, 4.69) is 0 Å². The summed E-state index contributed by atoms with van der Waals surface area (Å²) >= 11 is 0. The molecule has 0 aliphatic heterocycles. The van der Waals surface area contributed by atoms with Gasteiger partial charge in [0.25, 0.3) is 0 Å². The molecule has 0 spiro atoms. The minimum atomic E-state index is -1.00. The molecule has 27 heavy (non-hydrogen) atoms. The largest absolute Gasteiger partial charge is 0.502 e. The van der Waals surface area contributed by atoms with Crippen LogP contribution in [0.1, 0.15) is 22.1 Å². The Hall–Kier alpha value is -3.89. The number of alkyl halides is 1. The molecule has 0 amide bonds. The molecule has 10 nitrogen and oxygen atoms in total. The van der Waals surface area contributed by atoms with E-state index in [1.807, 2.05) is 0 Å². The van der Waals surface area contributed by atoms with Crippen LogP contribution in [0.4, 0.5) is 15.8 Å². The van der Waals surface area contributed by atoms with Crippen LogP contribution in [-0.4, -0.2) is 41.8 Å². The zero-order valence-electron chi connectivity index (χ0n) is 14.9. The van der Waals surface area contributed by atoms with Gasteiger partial charge in [0.1, 0.15) is 12.6 Å². The summed E-state index contributed by atoms with van der Waals surface area (Å²) in [5.74, 6) is -0.404. The second kappa shape index (κ2) is 11.6. The Balaban J connectivity index is 0.000000458. The van der Waals surface area contributed by atoms with Gasteiger partial charge in [-0.2, -0.15) is 0 Å². The molecule has 11 heteroatoms. The Kier molecular flexibility index (Phi) is 9.11. The lowest BCUT2D eigenvalue weighted by Crippen LogP contribution is -1.94. The van der Waals surface area contributed by atoms with Gasteiger partial charge in [-0.1, -0.05) is 0 Å². The van der Waals surface area contributed by atoms with Crippen molar-refractivity contribution in [1.29, 1.82) is 0 Å². The number of benzene rings is 2. The molecule has 2 aromatic rings. The predicted octanol–water partition coefficient (Wildman–Crippen LogP) is 3.11. The van der Waals surface area contributed by atoms with Crippen molar-refractivity contribution in [2.75, 3.05) is 14.3 Å². The lowest BCUT2D eigenvalue weighted by molar-refractivity contribution is -0.386. The smallest absolute Gasteiger partial charge is 0.310 e. The molecule has 0 unspecified atom stereocenters. The summed E-state index contributed by atoms with van der Waals surface area (Å²) in [6.07, 6.45) is 1.11. The van der Waals surface area contributed by atoms with Gasteiger partial charge in [0.2, 0.25) is 0 Å². The van der Waals surface area contributed by atoms with E-state index in [4.69, 9.17) is 11.2 Å². The number of phenolic OH excluding ortho intramolecular Hbond substituents is 1. The number of halogens is 1. The average Bonchev–Trinajstić information content (AvgIpc) is 2.67. The lowest BCUT2D eigenvalue weighted by atomic mass is 10.2. The summed E-state index contributed by atoms with van der Waals surface area (Å²) in [6.45, 7) is 0. The SMILES string of the molecule is COc1cc(C=O)ccc1[N+](=O)[O-].O=Cc1ccc([N+](=O)[O-])c(O)c1.[2H]CF. The van der Waals surface area contributed by atoms with Gasteiger partial charge >= 0.3 is 11.4 Å². The van der Waals surface area contributed by atoms with Gasteiger partial charge in [-0.15, -0.1) is 0 Å². The Bertz CT molecular complexity index is 847. The van der Waals surface area contributed by atoms with Crippen LogP contribution < -0.4 is 4.74 Å². The van der Waals surface area contributed by atoms with Crippen LogP contribution in [0.15, 0.2) is 36.4 Å². The molecule has 0 aromatic heterocycles. The molecule has 0 saturated heterocycles.